The second-order valence-corrected chi connectivity index (χ2v) is 15.3. The van der Waals surface area contributed by atoms with Crippen molar-refractivity contribution in [2.24, 2.45) is 0 Å². The maximum absolute atomic E-state index is 14.8. The fourth-order valence-corrected chi connectivity index (χ4v) is 10.3. The average molecular weight is 696 g/mol. The molecule has 0 amide bonds. The Hall–Kier alpha value is -1.77. The van der Waals surface area contributed by atoms with Gasteiger partial charge in [0.15, 0.2) is 0 Å². The predicted molar refractivity (Wildman–Crippen MR) is 181 cm³/mol. The zero-order valence-electron chi connectivity index (χ0n) is 26.5. The van der Waals surface area contributed by atoms with E-state index in [4.69, 9.17) is 0 Å². The molecular formula is C35H50N3O2SSn. The molecule has 0 bridgehead atoms. The Morgan fingerprint density at radius 1 is 0.881 bits per heavy atom. The van der Waals surface area contributed by atoms with Crippen LogP contribution in [-0.2, 0) is 29.3 Å². The predicted octanol–water partition coefficient (Wildman–Crippen LogP) is 6.63. The van der Waals surface area contributed by atoms with Crippen molar-refractivity contribution in [2.45, 2.75) is 90.7 Å². The van der Waals surface area contributed by atoms with E-state index in [0.29, 0.717) is 0 Å². The van der Waals surface area contributed by atoms with Crippen molar-refractivity contribution in [1.82, 2.24) is 8.87 Å². The van der Waals surface area contributed by atoms with Crippen LogP contribution >= 0.6 is 0 Å². The van der Waals surface area contributed by atoms with Crippen LogP contribution in [0.3, 0.4) is 0 Å². The summed E-state index contributed by atoms with van der Waals surface area (Å²) in [6.45, 7) is 16.8. The molecule has 4 rings (SSSR count). The number of hydrogen-bond acceptors (Lipinski definition) is 4. The van der Waals surface area contributed by atoms with Crippen molar-refractivity contribution in [3.63, 3.8) is 0 Å². The van der Waals surface area contributed by atoms with Gasteiger partial charge in [-0.15, -0.1) is 0 Å². The first-order valence-corrected chi connectivity index (χ1v) is 18.9. The Morgan fingerprint density at radius 3 is 1.98 bits per heavy atom. The standard InChI is InChI=1S/C35H50N3O2S.Sn/c1-7-11-14-29-26-38(41(39,40)34(10-4)28-19-17-27(5)18-20-28)33-25-32(37-23-21-36(6)22-24-37)30(15-12-8-2)31(35(29)33)16-13-9-3;/h10,17-20,25,34H,4,7-9,11-16,21-24H2,1-3,5-6H3;. The van der Waals surface area contributed by atoms with Crippen LogP contribution < -0.4 is 8.61 Å². The van der Waals surface area contributed by atoms with Crippen molar-refractivity contribution in [3.8, 4) is 0 Å². The minimum atomic E-state index is -3.81. The first kappa shape index (κ1) is 33.1. The quantitative estimate of drug-likeness (QED) is 0.141. The molecule has 0 N–H and O–H groups in total. The third-order valence-electron chi connectivity index (χ3n) is 8.89. The van der Waals surface area contributed by atoms with Crippen molar-refractivity contribution < 1.29 is 8.42 Å². The number of fused-ring (bicyclic) bond motifs is 1. The number of aryl methyl sites for hydroxylation is 3. The average Bonchev–Trinajstić information content (AvgIpc) is 3.26. The molecule has 3 radical (unpaired) electrons. The van der Waals surface area contributed by atoms with Gasteiger partial charge < -0.3 is 0 Å². The van der Waals surface area contributed by atoms with Gasteiger partial charge in [0, 0.05) is 0 Å². The van der Waals surface area contributed by atoms with Gasteiger partial charge in [-0.1, -0.05) is 0 Å². The molecule has 1 aliphatic rings. The van der Waals surface area contributed by atoms with Crippen LogP contribution in [0.15, 0.2) is 43.0 Å². The van der Waals surface area contributed by atoms with Crippen LogP contribution in [0.4, 0.5) is 5.69 Å². The SMILES string of the molecule is C=CC(c1ccc(C)cc1)S(=O)(=O)n1[c]([Sn])c(CCCC)c2c(CCCC)c(CCCC)c(N3CCN(C)CC3)cc21. The number of unbranched alkanes of at least 4 members (excludes halogenated alkanes) is 3. The summed E-state index contributed by atoms with van der Waals surface area (Å²) in [5, 5.41) is 0.417. The summed E-state index contributed by atoms with van der Waals surface area (Å²) in [4.78, 5) is 4.92. The first-order chi connectivity index (χ1) is 20.2. The molecule has 42 heavy (non-hydrogen) atoms. The molecule has 1 unspecified atom stereocenters. The van der Waals surface area contributed by atoms with Gasteiger partial charge in [0.2, 0.25) is 0 Å². The van der Waals surface area contributed by atoms with E-state index in [1.807, 2.05) is 31.2 Å². The van der Waals surface area contributed by atoms with Crippen LogP contribution in [0.25, 0.3) is 10.9 Å². The molecule has 1 fully saturated rings. The van der Waals surface area contributed by atoms with E-state index in [1.165, 1.54) is 27.8 Å². The third-order valence-corrected chi connectivity index (χ3v) is 12.9. The zero-order chi connectivity index (χ0) is 30.4. The van der Waals surface area contributed by atoms with E-state index in [1.54, 1.807) is 10.0 Å². The molecule has 2 aromatic carbocycles. The fourth-order valence-electron chi connectivity index (χ4n) is 6.36. The zero-order valence-corrected chi connectivity index (χ0v) is 30.2. The molecule has 227 valence electrons. The van der Waals surface area contributed by atoms with Crippen molar-refractivity contribution in [1.29, 1.82) is 0 Å². The van der Waals surface area contributed by atoms with Crippen LogP contribution in [0.2, 0.25) is 0 Å². The monoisotopic (exact) mass is 696 g/mol. The molecule has 7 heteroatoms. The summed E-state index contributed by atoms with van der Waals surface area (Å²) in [6, 6.07) is 10.1. The maximum atomic E-state index is 14.8. The summed E-state index contributed by atoms with van der Waals surface area (Å²) in [5.74, 6) is 0. The van der Waals surface area contributed by atoms with E-state index in [9.17, 15) is 8.42 Å². The van der Waals surface area contributed by atoms with E-state index in [0.717, 1.165) is 127 Å². The van der Waals surface area contributed by atoms with E-state index in [2.05, 4.69) is 50.3 Å². The number of rotatable bonds is 14. The summed E-state index contributed by atoms with van der Waals surface area (Å²) in [6.07, 6.45) is 11.2. The molecule has 0 aliphatic carbocycles. The van der Waals surface area contributed by atoms with Crippen molar-refractivity contribution in [3.05, 3.63) is 70.8 Å². The number of anilines is 1. The number of aromatic nitrogens is 1. The Labute approximate surface area is 268 Å². The summed E-state index contributed by atoms with van der Waals surface area (Å²) in [7, 11) is -1.62. The number of piperazine rings is 1. The van der Waals surface area contributed by atoms with Crippen LogP contribution in [-0.4, -0.2) is 73.0 Å². The van der Waals surface area contributed by atoms with E-state index in [-0.39, 0.29) is 0 Å². The molecule has 1 saturated heterocycles. The topological polar surface area (TPSA) is 45.6 Å². The molecule has 3 aromatic rings. The summed E-state index contributed by atoms with van der Waals surface area (Å²) >= 11 is 1.14. The van der Waals surface area contributed by atoms with Gasteiger partial charge in [0.1, 0.15) is 0 Å². The Bertz CT molecular complexity index is 1470. The Kier molecular flexibility index (Phi) is 11.7. The van der Waals surface area contributed by atoms with Gasteiger partial charge in [-0.05, 0) is 0 Å². The van der Waals surface area contributed by atoms with Crippen LogP contribution in [0.5, 0.6) is 0 Å². The van der Waals surface area contributed by atoms with Gasteiger partial charge >= 0.3 is 270 Å². The first-order valence-electron chi connectivity index (χ1n) is 16.0. The van der Waals surface area contributed by atoms with E-state index >= 15 is 0 Å². The molecule has 0 saturated carbocycles. The second-order valence-electron chi connectivity index (χ2n) is 12.1. The molecule has 1 atom stereocenters. The fraction of sp³-hybridized carbons (Fsp3) is 0.543. The van der Waals surface area contributed by atoms with Crippen LogP contribution in [0.1, 0.15) is 92.4 Å². The normalized spacial score (nSPS) is 15.4. The van der Waals surface area contributed by atoms with Gasteiger partial charge in [0.25, 0.3) is 0 Å². The van der Waals surface area contributed by atoms with Gasteiger partial charge in [-0.2, -0.15) is 0 Å². The molecular weight excluding hydrogens is 645 g/mol. The van der Waals surface area contributed by atoms with Gasteiger partial charge in [-0.25, -0.2) is 0 Å². The van der Waals surface area contributed by atoms with Gasteiger partial charge in [0.05, 0.1) is 0 Å². The molecule has 5 nitrogen and oxygen atoms in total. The summed E-state index contributed by atoms with van der Waals surface area (Å²) < 4.78 is 32.2. The van der Waals surface area contributed by atoms with Crippen LogP contribution in [0, 0.1) is 6.92 Å². The molecule has 0 spiro atoms. The molecule has 2 heterocycles. The third kappa shape index (κ3) is 6.81. The van der Waals surface area contributed by atoms with Crippen molar-refractivity contribution >= 4 is 52.8 Å². The van der Waals surface area contributed by atoms with Crippen molar-refractivity contribution in [2.75, 3.05) is 38.1 Å². The van der Waals surface area contributed by atoms with Gasteiger partial charge in [-0.3, -0.25) is 0 Å². The Balaban J connectivity index is 2.07. The number of benzene rings is 2. The number of nitrogens with zero attached hydrogens (tertiary/aromatic N) is 3. The van der Waals surface area contributed by atoms with E-state index < -0.39 is 15.3 Å². The second kappa shape index (κ2) is 14.8. The number of hydrogen-bond donors (Lipinski definition) is 0. The Morgan fingerprint density at radius 2 is 1.43 bits per heavy atom. The number of likely N-dealkylation sites (N-methyl/N-ethyl adjacent to an activating group) is 1. The summed E-state index contributed by atoms with van der Waals surface area (Å²) in [5.41, 5.74) is 8.15. The molecule has 1 aliphatic heterocycles. The molecule has 1 aromatic heterocycles. The minimum absolute atomic E-state index is 0.771.